The van der Waals surface area contributed by atoms with Crippen LogP contribution in [0, 0.1) is 0 Å². The van der Waals surface area contributed by atoms with Gasteiger partial charge in [0.05, 0.1) is 10.7 Å². The standard InChI is InChI=1S/C12H14O2S2/c1-15-12(16-2)5-6-14-11-7-9(8-13)3-4-10(11)12/h3-4,7-8H,5-6H2,1-2H3. The molecule has 1 aliphatic rings. The van der Waals surface area contributed by atoms with Gasteiger partial charge in [-0.25, -0.2) is 0 Å². The van der Waals surface area contributed by atoms with Crippen molar-refractivity contribution < 1.29 is 9.53 Å². The zero-order valence-electron chi connectivity index (χ0n) is 9.36. The van der Waals surface area contributed by atoms with Gasteiger partial charge in [-0.2, -0.15) is 0 Å². The maximum Gasteiger partial charge on any atom is 0.150 e. The summed E-state index contributed by atoms with van der Waals surface area (Å²) < 4.78 is 5.72. The van der Waals surface area contributed by atoms with Crippen molar-refractivity contribution in [3.8, 4) is 5.75 Å². The van der Waals surface area contributed by atoms with Gasteiger partial charge in [0.2, 0.25) is 0 Å². The highest BCUT2D eigenvalue weighted by Crippen LogP contribution is 2.52. The Bertz CT molecular complexity index is 400. The van der Waals surface area contributed by atoms with Crippen molar-refractivity contribution in [3.05, 3.63) is 29.3 Å². The second-order valence-electron chi connectivity index (χ2n) is 3.63. The van der Waals surface area contributed by atoms with Crippen molar-refractivity contribution >= 4 is 29.8 Å². The van der Waals surface area contributed by atoms with Gasteiger partial charge in [0, 0.05) is 17.5 Å². The number of ether oxygens (including phenoxy) is 1. The van der Waals surface area contributed by atoms with E-state index in [-0.39, 0.29) is 4.08 Å². The predicted molar refractivity (Wildman–Crippen MR) is 70.6 cm³/mol. The highest BCUT2D eigenvalue weighted by atomic mass is 32.2. The quantitative estimate of drug-likeness (QED) is 0.611. The number of rotatable bonds is 3. The van der Waals surface area contributed by atoms with E-state index in [1.165, 1.54) is 5.56 Å². The average molecular weight is 254 g/mol. The van der Waals surface area contributed by atoms with Gasteiger partial charge < -0.3 is 4.74 Å². The lowest BCUT2D eigenvalue weighted by molar-refractivity contribution is 0.112. The van der Waals surface area contributed by atoms with Crippen LogP contribution >= 0.6 is 23.5 Å². The van der Waals surface area contributed by atoms with Crippen LogP contribution in [0.4, 0.5) is 0 Å². The zero-order chi connectivity index (χ0) is 11.6. The van der Waals surface area contributed by atoms with Crippen molar-refractivity contribution in [2.45, 2.75) is 10.5 Å². The lowest BCUT2D eigenvalue weighted by Gasteiger charge is -2.36. The van der Waals surface area contributed by atoms with E-state index < -0.39 is 0 Å². The molecule has 0 radical (unpaired) electrons. The molecule has 0 fully saturated rings. The summed E-state index contributed by atoms with van der Waals surface area (Å²) in [5.41, 5.74) is 1.88. The molecule has 0 saturated carbocycles. The van der Waals surface area contributed by atoms with Crippen LogP contribution in [-0.4, -0.2) is 25.4 Å². The highest BCUT2D eigenvalue weighted by molar-refractivity contribution is 8.16. The number of hydrogen-bond acceptors (Lipinski definition) is 4. The molecule has 0 unspecified atom stereocenters. The number of aldehydes is 1. The lowest BCUT2D eigenvalue weighted by atomic mass is 10.0. The van der Waals surface area contributed by atoms with Gasteiger partial charge in [-0.15, -0.1) is 23.5 Å². The number of fused-ring (bicyclic) bond motifs is 1. The largest absolute Gasteiger partial charge is 0.493 e. The third kappa shape index (κ3) is 1.84. The summed E-state index contributed by atoms with van der Waals surface area (Å²) in [5.74, 6) is 0.861. The van der Waals surface area contributed by atoms with Crippen molar-refractivity contribution in [2.75, 3.05) is 19.1 Å². The molecule has 4 heteroatoms. The molecular weight excluding hydrogens is 240 g/mol. The van der Waals surface area contributed by atoms with E-state index in [2.05, 4.69) is 12.5 Å². The molecule has 1 aromatic rings. The van der Waals surface area contributed by atoms with Crippen LogP contribution in [0.15, 0.2) is 18.2 Å². The highest BCUT2D eigenvalue weighted by Gasteiger charge is 2.36. The summed E-state index contributed by atoms with van der Waals surface area (Å²) >= 11 is 3.69. The molecule has 0 aliphatic carbocycles. The third-order valence-corrected chi connectivity index (χ3v) is 6.07. The second kappa shape index (κ2) is 4.72. The van der Waals surface area contributed by atoms with Crippen LogP contribution < -0.4 is 4.74 Å². The summed E-state index contributed by atoms with van der Waals surface area (Å²) in [7, 11) is 0. The molecule has 1 aromatic carbocycles. The molecular formula is C12H14O2S2. The molecule has 86 valence electrons. The smallest absolute Gasteiger partial charge is 0.150 e. The molecule has 16 heavy (non-hydrogen) atoms. The van der Waals surface area contributed by atoms with E-state index in [4.69, 9.17) is 4.74 Å². The Balaban J connectivity index is 2.50. The molecule has 2 nitrogen and oxygen atoms in total. The number of benzene rings is 1. The van der Waals surface area contributed by atoms with E-state index in [0.29, 0.717) is 5.56 Å². The third-order valence-electron chi connectivity index (χ3n) is 2.90. The maximum atomic E-state index is 10.7. The second-order valence-corrected chi connectivity index (χ2v) is 6.10. The average Bonchev–Trinajstić information content (AvgIpc) is 2.37. The van der Waals surface area contributed by atoms with Crippen LogP contribution in [0.2, 0.25) is 0 Å². The summed E-state index contributed by atoms with van der Waals surface area (Å²) in [4.78, 5) is 10.7. The molecule has 0 bridgehead atoms. The first-order valence-electron chi connectivity index (χ1n) is 5.08. The van der Waals surface area contributed by atoms with Gasteiger partial charge in [-0.3, -0.25) is 4.79 Å². The van der Waals surface area contributed by atoms with Crippen LogP contribution in [0.3, 0.4) is 0 Å². The van der Waals surface area contributed by atoms with Gasteiger partial charge >= 0.3 is 0 Å². The number of thioether (sulfide) groups is 2. The Morgan fingerprint density at radius 3 is 2.75 bits per heavy atom. The van der Waals surface area contributed by atoms with Gasteiger partial charge in [0.25, 0.3) is 0 Å². The van der Waals surface area contributed by atoms with Gasteiger partial charge in [0.15, 0.2) is 0 Å². The fourth-order valence-corrected chi connectivity index (χ4v) is 4.00. The van der Waals surface area contributed by atoms with Crippen molar-refractivity contribution in [3.63, 3.8) is 0 Å². The Kier molecular flexibility index (Phi) is 3.50. The van der Waals surface area contributed by atoms with E-state index in [0.717, 1.165) is 25.1 Å². The topological polar surface area (TPSA) is 26.3 Å². The molecule has 0 aromatic heterocycles. The fourth-order valence-electron chi connectivity index (χ4n) is 1.98. The summed E-state index contributed by atoms with van der Waals surface area (Å²) in [6, 6.07) is 5.72. The normalized spacial score (nSPS) is 17.4. The number of carbonyl (C=O) groups excluding carboxylic acids is 1. The first kappa shape index (κ1) is 11.9. The minimum Gasteiger partial charge on any atom is -0.493 e. The fraction of sp³-hybridized carbons (Fsp3) is 0.417. The zero-order valence-corrected chi connectivity index (χ0v) is 11.0. The van der Waals surface area contributed by atoms with Gasteiger partial charge in [-0.1, -0.05) is 12.1 Å². The maximum absolute atomic E-state index is 10.7. The van der Waals surface area contributed by atoms with Crippen LogP contribution in [-0.2, 0) is 4.08 Å². The molecule has 1 heterocycles. The minimum absolute atomic E-state index is 0.0784. The van der Waals surface area contributed by atoms with Crippen LogP contribution in [0.5, 0.6) is 5.75 Å². The lowest BCUT2D eigenvalue weighted by Crippen LogP contribution is -2.26. The molecule has 1 aliphatic heterocycles. The molecule has 2 rings (SSSR count). The van der Waals surface area contributed by atoms with Crippen LogP contribution in [0.1, 0.15) is 22.3 Å². The Morgan fingerprint density at radius 2 is 2.12 bits per heavy atom. The van der Waals surface area contributed by atoms with Crippen molar-refractivity contribution in [1.29, 1.82) is 0 Å². The SMILES string of the molecule is CSC1(SC)CCOc2cc(C=O)ccc21. The number of hydrogen-bond donors (Lipinski definition) is 0. The van der Waals surface area contributed by atoms with E-state index in [1.54, 1.807) is 0 Å². The first-order chi connectivity index (χ1) is 7.75. The predicted octanol–water partition coefficient (Wildman–Crippen LogP) is 3.16. The van der Waals surface area contributed by atoms with Gasteiger partial charge in [0.1, 0.15) is 12.0 Å². The Labute approximate surface area is 104 Å². The molecule has 0 N–H and O–H groups in total. The Hall–Kier alpha value is -0.610. The van der Waals surface area contributed by atoms with Crippen LogP contribution in [0.25, 0.3) is 0 Å². The summed E-state index contributed by atoms with van der Waals surface area (Å²) in [6.07, 6.45) is 6.11. The van der Waals surface area contributed by atoms with E-state index >= 15 is 0 Å². The molecule has 0 atom stereocenters. The molecule has 0 amide bonds. The number of carbonyl (C=O) groups is 1. The Morgan fingerprint density at radius 1 is 1.38 bits per heavy atom. The minimum atomic E-state index is 0.0784. The van der Waals surface area contributed by atoms with E-state index in [1.807, 2.05) is 41.7 Å². The van der Waals surface area contributed by atoms with Crippen molar-refractivity contribution in [1.82, 2.24) is 0 Å². The monoisotopic (exact) mass is 254 g/mol. The molecule has 0 saturated heterocycles. The van der Waals surface area contributed by atoms with Gasteiger partial charge in [-0.05, 0) is 18.6 Å². The molecule has 0 spiro atoms. The first-order valence-corrected chi connectivity index (χ1v) is 7.53. The summed E-state index contributed by atoms with van der Waals surface area (Å²) in [6.45, 7) is 0.719. The summed E-state index contributed by atoms with van der Waals surface area (Å²) in [5, 5.41) is 0. The van der Waals surface area contributed by atoms with E-state index in [9.17, 15) is 4.79 Å². The van der Waals surface area contributed by atoms with Crippen molar-refractivity contribution in [2.24, 2.45) is 0 Å².